The van der Waals surface area contributed by atoms with Crippen molar-refractivity contribution in [2.75, 3.05) is 0 Å². The first kappa shape index (κ1) is 19.2. The van der Waals surface area contributed by atoms with Crippen LogP contribution >= 0.6 is 0 Å². The molecule has 0 fully saturated rings. The Morgan fingerprint density at radius 1 is 0.897 bits per heavy atom. The first-order chi connectivity index (χ1) is 13.8. The lowest BCUT2D eigenvalue weighted by Crippen LogP contribution is -2.14. The molecular weight excluding hydrogens is 360 g/mol. The fourth-order valence-corrected chi connectivity index (χ4v) is 3.42. The van der Waals surface area contributed by atoms with Crippen LogP contribution in [0.5, 0.6) is 5.75 Å². The summed E-state index contributed by atoms with van der Waals surface area (Å²) in [5.74, 6) is 0.862. The summed E-state index contributed by atoms with van der Waals surface area (Å²) in [6, 6.07) is 22.4. The zero-order valence-electron chi connectivity index (χ0n) is 17.3. The Labute approximate surface area is 171 Å². The van der Waals surface area contributed by atoms with E-state index >= 15 is 0 Å². The lowest BCUT2D eigenvalue weighted by atomic mass is 9.95. The average molecular weight is 386 g/mol. The standard InChI is InChI=1S/C25H26N2O2/c1-17(2)29-22-12-10-21(11-13-22)27-16-26-23-14-7-19(15-24(23)27)18-5-8-20(9-6-18)25(3,4)28/h5-17,28H,1-4H3. The topological polar surface area (TPSA) is 47.3 Å². The van der Waals surface area contributed by atoms with Crippen LogP contribution in [0.15, 0.2) is 73.1 Å². The maximum absolute atomic E-state index is 10.2. The molecule has 0 bridgehead atoms. The van der Waals surface area contributed by atoms with Crippen molar-refractivity contribution < 1.29 is 9.84 Å². The molecule has 1 N–H and O–H groups in total. The number of benzene rings is 3. The van der Waals surface area contributed by atoms with Gasteiger partial charge in [0.05, 0.1) is 22.7 Å². The molecule has 0 aliphatic heterocycles. The Morgan fingerprint density at radius 2 is 1.55 bits per heavy atom. The van der Waals surface area contributed by atoms with Crippen LogP contribution in [0.2, 0.25) is 0 Å². The molecule has 3 aromatic carbocycles. The van der Waals surface area contributed by atoms with Crippen molar-refractivity contribution in [2.45, 2.75) is 39.4 Å². The van der Waals surface area contributed by atoms with Crippen molar-refractivity contribution in [2.24, 2.45) is 0 Å². The minimum atomic E-state index is -0.841. The van der Waals surface area contributed by atoms with E-state index in [4.69, 9.17) is 4.74 Å². The maximum Gasteiger partial charge on any atom is 0.119 e. The van der Waals surface area contributed by atoms with Crippen molar-refractivity contribution in [3.63, 3.8) is 0 Å². The number of aliphatic hydroxyl groups is 1. The summed E-state index contributed by atoms with van der Waals surface area (Å²) in [5, 5.41) is 10.2. The molecule has 1 heterocycles. The molecule has 4 aromatic rings. The van der Waals surface area contributed by atoms with Crippen LogP contribution in [0.25, 0.3) is 27.8 Å². The summed E-state index contributed by atoms with van der Waals surface area (Å²) < 4.78 is 7.83. The molecule has 0 aliphatic rings. The summed E-state index contributed by atoms with van der Waals surface area (Å²) in [6.45, 7) is 7.63. The molecule has 0 aliphatic carbocycles. The number of imidazole rings is 1. The van der Waals surface area contributed by atoms with Gasteiger partial charge in [-0.2, -0.15) is 0 Å². The highest BCUT2D eigenvalue weighted by atomic mass is 16.5. The lowest BCUT2D eigenvalue weighted by Gasteiger charge is -2.18. The van der Waals surface area contributed by atoms with Gasteiger partial charge in [0.2, 0.25) is 0 Å². The monoisotopic (exact) mass is 386 g/mol. The average Bonchev–Trinajstić information content (AvgIpc) is 3.11. The summed E-state index contributed by atoms with van der Waals surface area (Å²) in [7, 11) is 0. The lowest BCUT2D eigenvalue weighted by molar-refractivity contribution is 0.0786. The van der Waals surface area contributed by atoms with E-state index in [0.717, 1.165) is 39.2 Å². The first-order valence-electron chi connectivity index (χ1n) is 9.89. The van der Waals surface area contributed by atoms with Crippen molar-refractivity contribution in [1.82, 2.24) is 9.55 Å². The van der Waals surface area contributed by atoms with Crippen LogP contribution in [0.4, 0.5) is 0 Å². The third kappa shape index (κ3) is 4.03. The van der Waals surface area contributed by atoms with Crippen molar-refractivity contribution >= 4 is 11.0 Å². The van der Waals surface area contributed by atoms with Crippen LogP contribution in [0, 0.1) is 0 Å². The van der Waals surface area contributed by atoms with Crippen LogP contribution in [0.3, 0.4) is 0 Å². The molecule has 148 valence electrons. The van der Waals surface area contributed by atoms with Gasteiger partial charge in [0.25, 0.3) is 0 Å². The van der Waals surface area contributed by atoms with E-state index in [-0.39, 0.29) is 6.10 Å². The van der Waals surface area contributed by atoms with Gasteiger partial charge in [-0.15, -0.1) is 0 Å². The first-order valence-corrected chi connectivity index (χ1v) is 9.89. The van der Waals surface area contributed by atoms with Crippen LogP contribution < -0.4 is 4.74 Å². The number of hydrogen-bond acceptors (Lipinski definition) is 3. The number of nitrogens with zero attached hydrogens (tertiary/aromatic N) is 2. The Hall–Kier alpha value is -3.11. The van der Waals surface area contributed by atoms with E-state index in [1.165, 1.54) is 0 Å². The van der Waals surface area contributed by atoms with E-state index in [9.17, 15) is 5.11 Å². The summed E-state index contributed by atoms with van der Waals surface area (Å²) in [6.07, 6.45) is 2.00. The second kappa shape index (κ2) is 7.37. The SMILES string of the molecule is CC(C)Oc1ccc(-n2cnc3ccc(-c4ccc(C(C)(C)O)cc4)cc32)cc1. The molecule has 4 heteroatoms. The molecule has 1 aromatic heterocycles. The van der Waals surface area contributed by atoms with Crippen LogP contribution in [-0.4, -0.2) is 20.8 Å². The maximum atomic E-state index is 10.2. The number of hydrogen-bond donors (Lipinski definition) is 1. The third-order valence-electron chi connectivity index (χ3n) is 4.96. The molecule has 0 saturated heterocycles. The second-order valence-corrected chi connectivity index (χ2v) is 8.11. The molecule has 4 nitrogen and oxygen atoms in total. The summed E-state index contributed by atoms with van der Waals surface area (Å²) >= 11 is 0. The predicted octanol–water partition coefficient (Wildman–Crippen LogP) is 5.71. The fraction of sp³-hybridized carbons (Fsp3) is 0.240. The highest BCUT2D eigenvalue weighted by Crippen LogP contribution is 2.28. The fourth-order valence-electron chi connectivity index (χ4n) is 3.42. The Kier molecular flexibility index (Phi) is 4.89. The minimum Gasteiger partial charge on any atom is -0.491 e. The van der Waals surface area contributed by atoms with Crippen molar-refractivity contribution in [3.05, 3.63) is 78.6 Å². The van der Waals surface area contributed by atoms with Gasteiger partial charge >= 0.3 is 0 Å². The van der Waals surface area contributed by atoms with Gasteiger partial charge in [-0.1, -0.05) is 30.3 Å². The van der Waals surface area contributed by atoms with E-state index in [0.29, 0.717) is 0 Å². The third-order valence-corrected chi connectivity index (χ3v) is 4.96. The minimum absolute atomic E-state index is 0.153. The van der Waals surface area contributed by atoms with E-state index in [2.05, 4.69) is 21.7 Å². The van der Waals surface area contributed by atoms with Gasteiger partial charge in [-0.25, -0.2) is 4.98 Å². The zero-order chi connectivity index (χ0) is 20.6. The molecule has 29 heavy (non-hydrogen) atoms. The van der Waals surface area contributed by atoms with Gasteiger partial charge < -0.3 is 9.84 Å². The molecule has 0 amide bonds. The predicted molar refractivity (Wildman–Crippen MR) is 118 cm³/mol. The molecule has 0 radical (unpaired) electrons. The number of rotatable bonds is 5. The molecule has 0 unspecified atom stereocenters. The van der Waals surface area contributed by atoms with Crippen LogP contribution in [0.1, 0.15) is 33.3 Å². The summed E-state index contributed by atoms with van der Waals surface area (Å²) in [5.41, 5.74) is 5.31. The molecule has 4 rings (SSSR count). The Balaban J connectivity index is 1.69. The van der Waals surface area contributed by atoms with Gasteiger partial charge in [-0.05, 0) is 80.8 Å². The van der Waals surface area contributed by atoms with Crippen LogP contribution in [-0.2, 0) is 5.60 Å². The normalized spacial score (nSPS) is 11.9. The number of aromatic nitrogens is 2. The zero-order valence-corrected chi connectivity index (χ0v) is 17.3. The van der Waals surface area contributed by atoms with Crippen molar-refractivity contribution in [1.29, 1.82) is 0 Å². The van der Waals surface area contributed by atoms with Gasteiger partial charge in [0.1, 0.15) is 12.1 Å². The smallest absolute Gasteiger partial charge is 0.119 e. The highest BCUT2D eigenvalue weighted by molar-refractivity contribution is 5.83. The Morgan fingerprint density at radius 3 is 2.17 bits per heavy atom. The molecular formula is C25H26N2O2. The summed E-state index contributed by atoms with van der Waals surface area (Å²) in [4.78, 5) is 4.55. The highest BCUT2D eigenvalue weighted by Gasteiger charge is 2.15. The molecule has 0 spiro atoms. The number of ether oxygens (including phenoxy) is 1. The number of fused-ring (bicyclic) bond motifs is 1. The Bertz CT molecular complexity index is 1120. The second-order valence-electron chi connectivity index (χ2n) is 8.11. The van der Waals surface area contributed by atoms with E-state index < -0.39 is 5.60 Å². The van der Waals surface area contributed by atoms with Gasteiger partial charge in [0, 0.05) is 5.69 Å². The molecule has 0 saturated carbocycles. The van der Waals surface area contributed by atoms with Crippen molar-refractivity contribution in [3.8, 4) is 22.6 Å². The van der Waals surface area contributed by atoms with E-state index in [1.807, 2.05) is 74.8 Å². The molecule has 0 atom stereocenters. The van der Waals surface area contributed by atoms with E-state index in [1.54, 1.807) is 13.8 Å². The largest absolute Gasteiger partial charge is 0.491 e. The van der Waals surface area contributed by atoms with Gasteiger partial charge in [-0.3, -0.25) is 4.57 Å². The van der Waals surface area contributed by atoms with Gasteiger partial charge in [0.15, 0.2) is 0 Å². The quantitative estimate of drug-likeness (QED) is 0.478.